The molecule has 0 bridgehead atoms. The van der Waals surface area contributed by atoms with E-state index in [2.05, 4.69) is 170 Å². The van der Waals surface area contributed by atoms with E-state index in [1.165, 1.54) is 33.4 Å². The van der Waals surface area contributed by atoms with E-state index in [1.807, 2.05) is 18.2 Å². The van der Waals surface area contributed by atoms with Gasteiger partial charge >= 0.3 is 0 Å². The number of aromatic nitrogens is 3. The molecule has 2 unspecified atom stereocenters. The Kier molecular flexibility index (Phi) is 7.64. The maximum atomic E-state index is 5.35. The average Bonchev–Trinajstić information content (AvgIpc) is 3.21. The molecule has 50 heavy (non-hydrogen) atoms. The first kappa shape index (κ1) is 29.7. The smallest absolute Gasteiger partial charge is 0.164 e. The standard InChI is InChI=1S/C47H33N3/c1-4-17-32(18-5-1)35-23-10-11-24-37(35)39-26-14-15-28-42(39)46-48-45(34-21-8-3-9-22-34)49-47(50-46)44-31-43-36(33-19-6-2-7-20-33)29-16-30-40(43)38-25-12-13-27-41(38)44/h1-31,38,40H. The van der Waals surface area contributed by atoms with Gasteiger partial charge in [-0.05, 0) is 50.6 Å². The molecule has 3 aliphatic rings. The first-order valence-electron chi connectivity index (χ1n) is 17.1. The fraction of sp³-hybridized carbons (Fsp3) is 0.0426. The zero-order valence-electron chi connectivity index (χ0n) is 27.4. The van der Waals surface area contributed by atoms with E-state index in [0.29, 0.717) is 17.5 Å². The van der Waals surface area contributed by atoms with Crippen molar-refractivity contribution in [1.82, 2.24) is 15.0 Å². The van der Waals surface area contributed by atoms with Crippen LogP contribution in [0.3, 0.4) is 0 Å². The highest BCUT2D eigenvalue weighted by atomic mass is 15.0. The van der Waals surface area contributed by atoms with E-state index < -0.39 is 0 Å². The second kappa shape index (κ2) is 12.9. The van der Waals surface area contributed by atoms with Gasteiger partial charge < -0.3 is 0 Å². The van der Waals surface area contributed by atoms with Gasteiger partial charge in [0, 0.05) is 28.5 Å². The Morgan fingerprint density at radius 2 is 0.940 bits per heavy atom. The number of benzene rings is 5. The van der Waals surface area contributed by atoms with Gasteiger partial charge in [0.25, 0.3) is 0 Å². The van der Waals surface area contributed by atoms with E-state index in [-0.39, 0.29) is 11.8 Å². The molecular formula is C47H33N3. The van der Waals surface area contributed by atoms with Crippen LogP contribution in [0, 0.1) is 11.8 Å². The summed E-state index contributed by atoms with van der Waals surface area (Å²) in [5.74, 6) is 2.37. The van der Waals surface area contributed by atoms with Crippen molar-refractivity contribution < 1.29 is 0 Å². The van der Waals surface area contributed by atoms with E-state index in [4.69, 9.17) is 15.0 Å². The number of hydrogen-bond acceptors (Lipinski definition) is 3. The zero-order valence-corrected chi connectivity index (χ0v) is 27.4. The first-order valence-corrected chi connectivity index (χ1v) is 17.1. The monoisotopic (exact) mass is 639 g/mol. The normalized spacial score (nSPS) is 17.5. The van der Waals surface area contributed by atoms with Crippen molar-refractivity contribution >= 4 is 11.1 Å². The van der Waals surface area contributed by atoms with Crippen LogP contribution in [0.15, 0.2) is 199 Å². The Morgan fingerprint density at radius 3 is 1.66 bits per heavy atom. The molecule has 0 spiro atoms. The molecule has 0 radical (unpaired) electrons. The summed E-state index contributed by atoms with van der Waals surface area (Å²) in [5.41, 5.74) is 12.4. The quantitative estimate of drug-likeness (QED) is 0.182. The molecule has 0 fully saturated rings. The summed E-state index contributed by atoms with van der Waals surface area (Å²) in [6, 6.07) is 48.5. The van der Waals surface area contributed by atoms with E-state index in [0.717, 1.165) is 27.8 Å². The van der Waals surface area contributed by atoms with Crippen LogP contribution in [0.5, 0.6) is 0 Å². The average molecular weight is 640 g/mol. The van der Waals surface area contributed by atoms with Crippen molar-refractivity contribution in [3.63, 3.8) is 0 Å². The summed E-state index contributed by atoms with van der Waals surface area (Å²) >= 11 is 0. The summed E-state index contributed by atoms with van der Waals surface area (Å²) in [4.78, 5) is 15.8. The van der Waals surface area contributed by atoms with Crippen LogP contribution in [0.1, 0.15) is 11.4 Å². The Bertz CT molecular complexity index is 2410. The molecule has 0 amide bonds. The van der Waals surface area contributed by atoms with Gasteiger partial charge in [0.2, 0.25) is 0 Å². The molecule has 0 saturated carbocycles. The first-order chi connectivity index (χ1) is 24.8. The van der Waals surface area contributed by atoms with Gasteiger partial charge in [-0.3, -0.25) is 0 Å². The molecule has 5 aromatic carbocycles. The van der Waals surface area contributed by atoms with Gasteiger partial charge in [0.05, 0.1) is 0 Å². The molecule has 6 aromatic rings. The topological polar surface area (TPSA) is 38.7 Å². The molecule has 3 nitrogen and oxygen atoms in total. The fourth-order valence-electron chi connectivity index (χ4n) is 7.43. The summed E-state index contributed by atoms with van der Waals surface area (Å²) in [5, 5.41) is 0. The fourth-order valence-corrected chi connectivity index (χ4v) is 7.43. The molecule has 0 N–H and O–H groups in total. The lowest BCUT2D eigenvalue weighted by atomic mass is 9.68. The minimum Gasteiger partial charge on any atom is -0.208 e. The third kappa shape index (κ3) is 5.39. The highest BCUT2D eigenvalue weighted by Crippen LogP contribution is 2.48. The Hall–Kier alpha value is -6.45. The van der Waals surface area contributed by atoms with Gasteiger partial charge in [0.15, 0.2) is 17.5 Å². The maximum Gasteiger partial charge on any atom is 0.164 e. The zero-order chi connectivity index (χ0) is 33.3. The summed E-state index contributed by atoms with van der Waals surface area (Å²) in [6.45, 7) is 0. The van der Waals surface area contributed by atoms with Crippen molar-refractivity contribution in [3.05, 3.63) is 211 Å². The number of hydrogen-bond donors (Lipinski definition) is 0. The minimum absolute atomic E-state index is 0.170. The number of allylic oxidation sites excluding steroid dienone is 12. The molecule has 3 aliphatic carbocycles. The molecule has 2 atom stereocenters. The highest BCUT2D eigenvalue weighted by Gasteiger charge is 2.34. The third-order valence-electron chi connectivity index (χ3n) is 9.78. The van der Waals surface area contributed by atoms with Crippen LogP contribution in [0.2, 0.25) is 0 Å². The number of rotatable bonds is 6. The van der Waals surface area contributed by atoms with Crippen LogP contribution in [0.25, 0.3) is 56.2 Å². The predicted octanol–water partition coefficient (Wildman–Crippen LogP) is 11.2. The van der Waals surface area contributed by atoms with Crippen molar-refractivity contribution in [3.8, 4) is 45.0 Å². The Balaban J connectivity index is 1.26. The second-order valence-corrected chi connectivity index (χ2v) is 12.7. The maximum absolute atomic E-state index is 5.35. The van der Waals surface area contributed by atoms with E-state index in [1.54, 1.807) is 0 Å². The molecular weight excluding hydrogens is 607 g/mol. The third-order valence-corrected chi connectivity index (χ3v) is 9.78. The Labute approximate surface area is 292 Å². The van der Waals surface area contributed by atoms with Crippen molar-refractivity contribution in [2.75, 3.05) is 0 Å². The molecule has 236 valence electrons. The summed E-state index contributed by atoms with van der Waals surface area (Å²) in [6.07, 6.45) is 17.9. The minimum atomic E-state index is 0.170. The molecule has 1 aromatic heterocycles. The van der Waals surface area contributed by atoms with Crippen LogP contribution in [-0.2, 0) is 0 Å². The summed E-state index contributed by atoms with van der Waals surface area (Å²) < 4.78 is 0. The van der Waals surface area contributed by atoms with Crippen LogP contribution < -0.4 is 0 Å². The lowest BCUT2D eigenvalue weighted by Gasteiger charge is -2.35. The largest absolute Gasteiger partial charge is 0.208 e. The molecule has 3 heteroatoms. The SMILES string of the molecule is C1=CC2=C(c3nc(-c4ccccc4)nc(-c4ccccc4-c4ccccc4-c4ccccc4)n3)C=C3C(c4ccccc4)=CC=CC3C2C=C1. The summed E-state index contributed by atoms with van der Waals surface area (Å²) in [7, 11) is 0. The van der Waals surface area contributed by atoms with Gasteiger partial charge in [-0.2, -0.15) is 0 Å². The van der Waals surface area contributed by atoms with Crippen LogP contribution in [0.4, 0.5) is 0 Å². The van der Waals surface area contributed by atoms with Gasteiger partial charge in [-0.15, -0.1) is 0 Å². The number of nitrogens with zero attached hydrogens (tertiary/aromatic N) is 3. The van der Waals surface area contributed by atoms with Gasteiger partial charge in [-0.25, -0.2) is 15.0 Å². The predicted molar refractivity (Wildman–Crippen MR) is 205 cm³/mol. The Morgan fingerprint density at radius 1 is 0.400 bits per heavy atom. The van der Waals surface area contributed by atoms with E-state index in [9.17, 15) is 0 Å². The molecule has 0 saturated heterocycles. The second-order valence-electron chi connectivity index (χ2n) is 12.7. The number of fused-ring (bicyclic) bond motifs is 3. The van der Waals surface area contributed by atoms with Crippen molar-refractivity contribution in [2.45, 2.75) is 0 Å². The molecule has 0 aliphatic heterocycles. The lowest BCUT2D eigenvalue weighted by Crippen LogP contribution is -2.23. The van der Waals surface area contributed by atoms with Crippen molar-refractivity contribution in [2.24, 2.45) is 11.8 Å². The lowest BCUT2D eigenvalue weighted by molar-refractivity contribution is 0.620. The van der Waals surface area contributed by atoms with Crippen molar-refractivity contribution in [1.29, 1.82) is 0 Å². The van der Waals surface area contributed by atoms with E-state index >= 15 is 0 Å². The van der Waals surface area contributed by atoms with Gasteiger partial charge in [-0.1, -0.05) is 182 Å². The molecule has 9 rings (SSSR count). The van der Waals surface area contributed by atoms with Crippen LogP contribution >= 0.6 is 0 Å². The van der Waals surface area contributed by atoms with Crippen LogP contribution in [-0.4, -0.2) is 15.0 Å². The highest BCUT2D eigenvalue weighted by molar-refractivity contribution is 5.93. The van der Waals surface area contributed by atoms with Gasteiger partial charge in [0.1, 0.15) is 0 Å². The molecule has 1 heterocycles.